The normalized spacial score (nSPS) is 9.89. The van der Waals surface area contributed by atoms with Crippen molar-refractivity contribution >= 4 is 17.7 Å². The third kappa shape index (κ3) is 3.34. The molecule has 0 fully saturated rings. The van der Waals surface area contributed by atoms with Gasteiger partial charge in [0.1, 0.15) is 13.2 Å². The minimum absolute atomic E-state index is 0.104. The maximum absolute atomic E-state index is 11.4. The Hall–Kier alpha value is -2.31. The summed E-state index contributed by atoms with van der Waals surface area (Å²) in [5.41, 5.74) is 1.56. The molecule has 0 saturated heterocycles. The summed E-state index contributed by atoms with van der Waals surface area (Å²) in [6.45, 7) is 6.62. The molecule has 0 aliphatic carbocycles. The van der Waals surface area contributed by atoms with Gasteiger partial charge >= 0.3 is 12.1 Å². The van der Waals surface area contributed by atoms with Crippen LogP contribution >= 0.6 is 0 Å². The topological polar surface area (TPSA) is 93.5 Å². The van der Waals surface area contributed by atoms with E-state index in [1.165, 1.54) is 10.8 Å². The van der Waals surface area contributed by atoms with E-state index in [4.69, 9.17) is 9.84 Å². The molecule has 0 radical (unpaired) electrons. The zero-order chi connectivity index (χ0) is 13.7. The van der Waals surface area contributed by atoms with E-state index in [0.717, 1.165) is 0 Å². The lowest BCUT2D eigenvalue weighted by atomic mass is 10.3. The Labute approximate surface area is 104 Å². The molecule has 0 aromatic carbocycles. The Kier molecular flexibility index (Phi) is 4.47. The summed E-state index contributed by atoms with van der Waals surface area (Å²) in [7, 11) is 0. The van der Waals surface area contributed by atoms with E-state index in [1.807, 2.05) is 0 Å². The van der Waals surface area contributed by atoms with Crippen LogP contribution in [0.3, 0.4) is 0 Å². The van der Waals surface area contributed by atoms with Crippen LogP contribution in [-0.2, 0) is 16.1 Å². The lowest BCUT2D eigenvalue weighted by Crippen LogP contribution is -2.15. The van der Waals surface area contributed by atoms with Gasteiger partial charge in [-0.15, -0.1) is 0 Å². The summed E-state index contributed by atoms with van der Waals surface area (Å²) in [5.74, 6) is -0.999. The number of amides is 1. The van der Waals surface area contributed by atoms with E-state index in [2.05, 4.69) is 17.0 Å². The average molecular weight is 253 g/mol. The van der Waals surface area contributed by atoms with Crippen LogP contribution in [0.1, 0.15) is 11.4 Å². The van der Waals surface area contributed by atoms with E-state index in [9.17, 15) is 9.59 Å². The standard InChI is InChI=1S/C11H15N3O4/c1-4-5-18-11(17)12-10-7(2)13-14(8(10)3)6-9(15)16/h4H,1,5-6H2,2-3H3,(H,12,17)(H,15,16). The van der Waals surface area contributed by atoms with E-state index in [0.29, 0.717) is 17.1 Å². The second-order valence-electron chi connectivity index (χ2n) is 3.61. The van der Waals surface area contributed by atoms with Gasteiger partial charge in [-0.2, -0.15) is 5.10 Å². The first-order valence-corrected chi connectivity index (χ1v) is 5.26. The molecule has 0 aliphatic heterocycles. The van der Waals surface area contributed by atoms with Crippen LogP contribution in [0.5, 0.6) is 0 Å². The van der Waals surface area contributed by atoms with Crippen molar-refractivity contribution in [3.8, 4) is 0 Å². The van der Waals surface area contributed by atoms with Gasteiger partial charge in [-0.3, -0.25) is 14.8 Å². The Bertz CT molecular complexity index is 479. The first-order chi connectivity index (χ1) is 8.45. The van der Waals surface area contributed by atoms with Crippen molar-refractivity contribution in [1.29, 1.82) is 0 Å². The molecule has 1 aromatic heterocycles. The number of carboxylic acids is 1. The highest BCUT2D eigenvalue weighted by atomic mass is 16.5. The largest absolute Gasteiger partial charge is 0.480 e. The van der Waals surface area contributed by atoms with Crippen LogP contribution in [0.15, 0.2) is 12.7 Å². The SMILES string of the molecule is C=CCOC(=O)Nc1c(C)nn(CC(=O)O)c1C. The van der Waals surface area contributed by atoms with Crippen LogP contribution < -0.4 is 5.32 Å². The third-order valence-electron chi connectivity index (χ3n) is 2.23. The van der Waals surface area contributed by atoms with Crippen LogP contribution in [0.4, 0.5) is 10.5 Å². The van der Waals surface area contributed by atoms with Crippen molar-refractivity contribution in [1.82, 2.24) is 9.78 Å². The minimum Gasteiger partial charge on any atom is -0.480 e. The molecule has 1 heterocycles. The zero-order valence-electron chi connectivity index (χ0n) is 10.3. The van der Waals surface area contributed by atoms with Gasteiger partial charge in [-0.05, 0) is 13.8 Å². The number of hydrogen-bond acceptors (Lipinski definition) is 4. The zero-order valence-corrected chi connectivity index (χ0v) is 10.3. The fourth-order valence-electron chi connectivity index (χ4n) is 1.43. The molecule has 0 bridgehead atoms. The quantitative estimate of drug-likeness (QED) is 0.772. The van der Waals surface area contributed by atoms with Gasteiger partial charge in [0.15, 0.2) is 0 Å². The fourth-order valence-corrected chi connectivity index (χ4v) is 1.43. The first-order valence-electron chi connectivity index (χ1n) is 5.26. The Morgan fingerprint density at radius 2 is 2.22 bits per heavy atom. The summed E-state index contributed by atoms with van der Waals surface area (Å²) in [5, 5.41) is 15.3. The van der Waals surface area contributed by atoms with Gasteiger partial charge in [-0.25, -0.2) is 4.79 Å². The number of aryl methyl sites for hydroxylation is 1. The molecular formula is C11H15N3O4. The van der Waals surface area contributed by atoms with Crippen LogP contribution in [0.25, 0.3) is 0 Å². The van der Waals surface area contributed by atoms with Crippen molar-refractivity contribution in [3.05, 3.63) is 24.0 Å². The van der Waals surface area contributed by atoms with Gasteiger partial charge in [0, 0.05) is 0 Å². The number of hydrogen-bond donors (Lipinski definition) is 2. The minimum atomic E-state index is -0.999. The number of carbonyl (C=O) groups excluding carboxylic acids is 1. The number of nitrogens with zero attached hydrogens (tertiary/aromatic N) is 2. The lowest BCUT2D eigenvalue weighted by molar-refractivity contribution is -0.137. The highest BCUT2D eigenvalue weighted by Gasteiger charge is 2.15. The lowest BCUT2D eigenvalue weighted by Gasteiger charge is -2.05. The van der Waals surface area contributed by atoms with Crippen molar-refractivity contribution < 1.29 is 19.4 Å². The number of aromatic nitrogens is 2. The molecule has 0 aliphatic rings. The molecule has 0 atom stereocenters. The number of carboxylic acid groups (broad SMARTS) is 1. The van der Waals surface area contributed by atoms with Crippen LogP contribution in [0, 0.1) is 13.8 Å². The summed E-state index contributed by atoms with van der Waals surface area (Å²) < 4.78 is 6.08. The smallest absolute Gasteiger partial charge is 0.412 e. The van der Waals surface area contributed by atoms with E-state index < -0.39 is 12.1 Å². The molecule has 1 rings (SSSR count). The summed E-state index contributed by atoms with van der Waals surface area (Å²) in [4.78, 5) is 22.0. The average Bonchev–Trinajstić information content (AvgIpc) is 2.53. The number of anilines is 1. The first kappa shape index (κ1) is 13.8. The van der Waals surface area contributed by atoms with Gasteiger partial charge in [0.25, 0.3) is 0 Å². The fraction of sp³-hybridized carbons (Fsp3) is 0.364. The molecule has 7 nitrogen and oxygen atoms in total. The summed E-state index contributed by atoms with van der Waals surface area (Å²) >= 11 is 0. The van der Waals surface area contributed by atoms with E-state index >= 15 is 0 Å². The maximum Gasteiger partial charge on any atom is 0.412 e. The molecule has 2 N–H and O–H groups in total. The molecule has 0 spiro atoms. The summed E-state index contributed by atoms with van der Waals surface area (Å²) in [6.07, 6.45) is 0.823. The number of rotatable bonds is 5. The second-order valence-corrected chi connectivity index (χ2v) is 3.61. The highest BCUT2D eigenvalue weighted by molar-refractivity contribution is 5.86. The molecule has 18 heavy (non-hydrogen) atoms. The van der Waals surface area contributed by atoms with Crippen molar-refractivity contribution in [3.63, 3.8) is 0 Å². The molecule has 1 amide bonds. The summed E-state index contributed by atoms with van der Waals surface area (Å²) in [6, 6.07) is 0. The molecular weight excluding hydrogens is 238 g/mol. The second kappa shape index (κ2) is 5.85. The van der Waals surface area contributed by atoms with Crippen molar-refractivity contribution in [2.24, 2.45) is 0 Å². The Morgan fingerprint density at radius 3 is 2.78 bits per heavy atom. The number of carbonyl (C=O) groups is 2. The van der Waals surface area contributed by atoms with Gasteiger partial charge in [-0.1, -0.05) is 12.7 Å². The van der Waals surface area contributed by atoms with Gasteiger partial charge in [0.2, 0.25) is 0 Å². The highest BCUT2D eigenvalue weighted by Crippen LogP contribution is 2.19. The predicted molar refractivity (Wildman–Crippen MR) is 64.5 cm³/mol. The van der Waals surface area contributed by atoms with Crippen LogP contribution in [0.2, 0.25) is 0 Å². The molecule has 98 valence electrons. The molecule has 1 aromatic rings. The van der Waals surface area contributed by atoms with Crippen LogP contribution in [-0.4, -0.2) is 33.6 Å². The van der Waals surface area contributed by atoms with Gasteiger partial charge in [0.05, 0.1) is 17.1 Å². The van der Waals surface area contributed by atoms with Crippen molar-refractivity contribution in [2.45, 2.75) is 20.4 Å². The predicted octanol–water partition coefficient (Wildman–Crippen LogP) is 1.32. The van der Waals surface area contributed by atoms with E-state index in [-0.39, 0.29) is 13.2 Å². The number of aliphatic carboxylic acids is 1. The Morgan fingerprint density at radius 1 is 1.56 bits per heavy atom. The molecule has 0 unspecified atom stereocenters. The molecule has 7 heteroatoms. The number of nitrogens with one attached hydrogen (secondary N) is 1. The molecule has 0 saturated carbocycles. The van der Waals surface area contributed by atoms with E-state index in [1.54, 1.807) is 13.8 Å². The monoisotopic (exact) mass is 253 g/mol. The Balaban J connectivity index is 2.82. The number of ether oxygens (including phenoxy) is 1. The maximum atomic E-state index is 11.4. The van der Waals surface area contributed by atoms with Gasteiger partial charge < -0.3 is 9.84 Å². The third-order valence-corrected chi connectivity index (χ3v) is 2.23. The van der Waals surface area contributed by atoms with Crippen molar-refractivity contribution in [2.75, 3.05) is 11.9 Å².